The van der Waals surface area contributed by atoms with Gasteiger partial charge in [0.1, 0.15) is 5.75 Å². The number of nitrogens with zero attached hydrogens (tertiary/aromatic N) is 3. The molecule has 0 saturated carbocycles. The largest absolute Gasteiger partial charge is 0.494 e. The summed E-state index contributed by atoms with van der Waals surface area (Å²) < 4.78 is 7.88. The number of hydrogen-bond acceptors (Lipinski definition) is 4. The van der Waals surface area contributed by atoms with E-state index >= 15 is 0 Å². The maximum atomic E-state index is 12.5. The lowest BCUT2D eigenvalue weighted by Crippen LogP contribution is -2.17. The van der Waals surface area contributed by atoms with Gasteiger partial charge in [-0.25, -0.2) is 5.43 Å². The van der Waals surface area contributed by atoms with Crippen LogP contribution in [0.5, 0.6) is 5.75 Å². The van der Waals surface area contributed by atoms with Gasteiger partial charge < -0.3 is 9.30 Å². The van der Waals surface area contributed by atoms with Crippen LogP contribution in [0.3, 0.4) is 0 Å². The van der Waals surface area contributed by atoms with Gasteiger partial charge in [0.25, 0.3) is 5.91 Å². The Morgan fingerprint density at radius 1 is 0.919 bits per heavy atom. The lowest BCUT2D eigenvalue weighted by Gasteiger charge is -2.15. The Morgan fingerprint density at radius 2 is 1.62 bits per heavy atom. The van der Waals surface area contributed by atoms with Gasteiger partial charge in [-0.1, -0.05) is 60.7 Å². The van der Waals surface area contributed by atoms with E-state index in [1.807, 2.05) is 55.5 Å². The molecule has 2 heterocycles. The maximum Gasteiger partial charge on any atom is 0.272 e. The third-order valence-electron chi connectivity index (χ3n) is 5.85. The second-order valence-corrected chi connectivity index (χ2v) is 8.27. The predicted octanol–water partition coefficient (Wildman–Crippen LogP) is 6.37. The quantitative estimate of drug-likeness (QED) is 0.205. The van der Waals surface area contributed by atoms with E-state index in [4.69, 9.17) is 4.74 Å². The summed E-state index contributed by atoms with van der Waals surface area (Å²) in [4.78, 5) is 16.5. The fourth-order valence-corrected chi connectivity index (χ4v) is 4.19. The molecule has 0 fully saturated rings. The van der Waals surface area contributed by atoms with Crippen molar-refractivity contribution in [3.63, 3.8) is 0 Å². The Bertz CT molecular complexity index is 1490. The Labute approximate surface area is 215 Å². The first-order chi connectivity index (χ1) is 18.2. The van der Waals surface area contributed by atoms with E-state index in [1.54, 1.807) is 24.5 Å². The van der Waals surface area contributed by atoms with Crippen molar-refractivity contribution in [2.75, 3.05) is 6.61 Å². The number of rotatable bonds is 8. The van der Waals surface area contributed by atoms with E-state index in [9.17, 15) is 4.79 Å². The van der Waals surface area contributed by atoms with Gasteiger partial charge in [0.05, 0.1) is 29.8 Å². The standard InChI is InChI=1S/C31H26N4O2/c1-2-37-28-17-15-27(16-18-28)35-29(23-10-5-3-6-11-23)20-26(30(35)24-12-7-4-8-13-24)22-33-34-31(36)25-14-9-19-32-21-25/h3-22H,2H2,1H3,(H,34,36)/b33-22-. The first-order valence-corrected chi connectivity index (χ1v) is 12.1. The van der Waals surface area contributed by atoms with Gasteiger partial charge >= 0.3 is 0 Å². The fourth-order valence-electron chi connectivity index (χ4n) is 4.19. The molecule has 0 radical (unpaired) electrons. The summed E-state index contributed by atoms with van der Waals surface area (Å²) >= 11 is 0. The lowest BCUT2D eigenvalue weighted by atomic mass is 10.1. The highest BCUT2D eigenvalue weighted by atomic mass is 16.5. The van der Waals surface area contributed by atoms with Crippen molar-refractivity contribution in [3.8, 4) is 34.0 Å². The molecule has 2 aromatic heterocycles. The van der Waals surface area contributed by atoms with Gasteiger partial charge in [0, 0.05) is 23.6 Å². The highest BCUT2D eigenvalue weighted by Gasteiger charge is 2.19. The number of amides is 1. The second kappa shape index (κ2) is 11.2. The van der Waals surface area contributed by atoms with Crippen LogP contribution in [0.1, 0.15) is 22.8 Å². The highest BCUT2D eigenvalue weighted by molar-refractivity contribution is 5.96. The van der Waals surface area contributed by atoms with Crippen molar-refractivity contribution in [2.45, 2.75) is 6.92 Å². The molecule has 182 valence electrons. The molecule has 6 nitrogen and oxygen atoms in total. The van der Waals surface area contributed by atoms with E-state index in [1.165, 1.54) is 6.20 Å². The summed E-state index contributed by atoms with van der Waals surface area (Å²) in [7, 11) is 0. The zero-order valence-corrected chi connectivity index (χ0v) is 20.4. The van der Waals surface area contributed by atoms with Crippen LogP contribution >= 0.6 is 0 Å². The first-order valence-electron chi connectivity index (χ1n) is 12.1. The molecule has 5 aromatic rings. The summed E-state index contributed by atoms with van der Waals surface area (Å²) in [6.45, 7) is 2.58. The Balaban J connectivity index is 1.63. The van der Waals surface area contributed by atoms with E-state index in [0.717, 1.165) is 39.5 Å². The average Bonchev–Trinajstić information content (AvgIpc) is 3.34. The summed E-state index contributed by atoms with van der Waals surface area (Å²) in [5, 5.41) is 4.30. The molecule has 0 bridgehead atoms. The molecule has 5 rings (SSSR count). The predicted molar refractivity (Wildman–Crippen MR) is 147 cm³/mol. The Morgan fingerprint density at radius 3 is 2.27 bits per heavy atom. The van der Waals surface area contributed by atoms with E-state index in [-0.39, 0.29) is 5.91 Å². The van der Waals surface area contributed by atoms with Crippen LogP contribution in [0.4, 0.5) is 0 Å². The zero-order chi connectivity index (χ0) is 25.5. The first kappa shape index (κ1) is 23.8. The van der Waals surface area contributed by atoms with E-state index in [0.29, 0.717) is 12.2 Å². The third-order valence-corrected chi connectivity index (χ3v) is 5.85. The molecule has 0 aliphatic carbocycles. The molecule has 6 heteroatoms. The maximum absolute atomic E-state index is 12.5. The smallest absolute Gasteiger partial charge is 0.272 e. The molecule has 3 aromatic carbocycles. The van der Waals surface area contributed by atoms with Crippen LogP contribution < -0.4 is 10.2 Å². The summed E-state index contributed by atoms with van der Waals surface area (Å²) in [5.41, 5.74) is 8.97. The minimum Gasteiger partial charge on any atom is -0.494 e. The van der Waals surface area contributed by atoms with Crippen molar-refractivity contribution in [2.24, 2.45) is 5.10 Å². The molecular formula is C31H26N4O2. The van der Waals surface area contributed by atoms with Crippen LogP contribution in [-0.2, 0) is 0 Å². The zero-order valence-electron chi connectivity index (χ0n) is 20.4. The normalized spacial score (nSPS) is 10.9. The molecule has 0 aliphatic rings. The fraction of sp³-hybridized carbons (Fsp3) is 0.0645. The minimum atomic E-state index is -0.320. The molecule has 0 spiro atoms. The van der Waals surface area contributed by atoms with E-state index < -0.39 is 0 Å². The average molecular weight is 487 g/mol. The van der Waals surface area contributed by atoms with Gasteiger partial charge in [-0.3, -0.25) is 9.78 Å². The van der Waals surface area contributed by atoms with E-state index in [2.05, 4.69) is 62.5 Å². The van der Waals surface area contributed by atoms with Gasteiger partial charge in [0.15, 0.2) is 0 Å². The van der Waals surface area contributed by atoms with Crippen molar-refractivity contribution >= 4 is 12.1 Å². The van der Waals surface area contributed by atoms with Crippen molar-refractivity contribution in [1.82, 2.24) is 15.0 Å². The molecule has 37 heavy (non-hydrogen) atoms. The number of aromatic nitrogens is 2. The third kappa shape index (κ3) is 5.33. The topological polar surface area (TPSA) is 68.5 Å². The van der Waals surface area contributed by atoms with Gasteiger partial charge in [-0.15, -0.1) is 0 Å². The monoisotopic (exact) mass is 486 g/mol. The van der Waals surface area contributed by atoms with Crippen LogP contribution in [0.15, 0.2) is 121 Å². The molecule has 0 saturated heterocycles. The Hall–Kier alpha value is -4.97. The SMILES string of the molecule is CCOc1ccc(-n2c(-c3ccccc3)cc(/C=N\NC(=O)c3cccnc3)c2-c2ccccc2)cc1. The van der Waals surface area contributed by atoms with Crippen LogP contribution in [-0.4, -0.2) is 28.3 Å². The lowest BCUT2D eigenvalue weighted by molar-refractivity contribution is 0.0954. The van der Waals surface area contributed by atoms with Crippen molar-refractivity contribution in [3.05, 3.63) is 127 Å². The number of ether oxygens (including phenoxy) is 1. The number of carbonyl (C=O) groups is 1. The Kier molecular flexibility index (Phi) is 7.18. The molecule has 1 N–H and O–H groups in total. The molecule has 1 amide bonds. The summed E-state index contributed by atoms with van der Waals surface area (Å²) in [5.74, 6) is 0.501. The number of pyridine rings is 1. The number of carbonyl (C=O) groups excluding carboxylic acids is 1. The van der Waals surface area contributed by atoms with Crippen molar-refractivity contribution < 1.29 is 9.53 Å². The second-order valence-electron chi connectivity index (χ2n) is 8.27. The number of benzene rings is 3. The molecule has 0 atom stereocenters. The molecular weight excluding hydrogens is 460 g/mol. The summed E-state index contributed by atoms with van der Waals surface area (Å²) in [6, 6.07) is 33.9. The van der Waals surface area contributed by atoms with Crippen LogP contribution in [0.25, 0.3) is 28.2 Å². The number of hydrogen-bond donors (Lipinski definition) is 1. The van der Waals surface area contributed by atoms with Crippen molar-refractivity contribution in [1.29, 1.82) is 0 Å². The molecule has 0 unspecified atom stereocenters. The van der Waals surface area contributed by atoms with Crippen LogP contribution in [0, 0.1) is 0 Å². The van der Waals surface area contributed by atoms with Gasteiger partial charge in [-0.2, -0.15) is 5.10 Å². The number of nitrogens with one attached hydrogen (secondary N) is 1. The van der Waals surface area contributed by atoms with Gasteiger partial charge in [-0.05, 0) is 60.5 Å². The minimum absolute atomic E-state index is 0.320. The van der Waals surface area contributed by atoms with Crippen LogP contribution in [0.2, 0.25) is 0 Å². The summed E-state index contributed by atoms with van der Waals surface area (Å²) in [6.07, 6.45) is 4.82. The molecule has 0 aliphatic heterocycles. The van der Waals surface area contributed by atoms with Gasteiger partial charge in [0.2, 0.25) is 0 Å². The number of hydrazone groups is 1. The highest BCUT2D eigenvalue weighted by Crippen LogP contribution is 2.35.